The van der Waals surface area contributed by atoms with E-state index in [-0.39, 0.29) is 40.7 Å². The van der Waals surface area contributed by atoms with Gasteiger partial charge < -0.3 is 20.1 Å². The number of pyridine rings is 1. The predicted molar refractivity (Wildman–Crippen MR) is 157 cm³/mol. The summed E-state index contributed by atoms with van der Waals surface area (Å²) in [6.45, 7) is 6.19. The molecule has 0 aliphatic carbocycles. The summed E-state index contributed by atoms with van der Waals surface area (Å²) in [5.74, 6) is -0.205. The smallest absolute Gasteiger partial charge is 0.319 e. The number of hydrogen-bond donors (Lipinski definition) is 2. The summed E-state index contributed by atoms with van der Waals surface area (Å²) in [6.07, 6.45) is 2.92. The van der Waals surface area contributed by atoms with Gasteiger partial charge in [0.15, 0.2) is 5.82 Å². The minimum Gasteiger partial charge on any atom is -0.508 e. The van der Waals surface area contributed by atoms with E-state index in [4.69, 9.17) is 4.74 Å². The highest BCUT2D eigenvalue weighted by atomic mass is 19.1. The summed E-state index contributed by atoms with van der Waals surface area (Å²) in [6, 6.07) is 10.6. The fourth-order valence-corrected chi connectivity index (χ4v) is 6.02. The van der Waals surface area contributed by atoms with Gasteiger partial charge in [-0.25, -0.2) is 8.78 Å². The van der Waals surface area contributed by atoms with Crippen molar-refractivity contribution in [3.05, 3.63) is 48.4 Å². The standard InChI is InChI=1S/C31H36F2N6O2/c1-30(2,38(3)4)17-35-28-24-15-34-26(23-13-21(40)12-19-8-5-6-9-22(19)23)25(33)27(24)36-29(37-28)41-18-31-10-7-11-39(31)16-20(32)14-31/h5-6,8-9,12-13,15,20,40H,7,10-11,14,16-18H2,1-4H3,(H,35,36,37)/t20-,31+/m0/s1. The van der Waals surface area contributed by atoms with Gasteiger partial charge in [0.25, 0.3) is 0 Å². The highest BCUT2D eigenvalue weighted by Crippen LogP contribution is 2.41. The van der Waals surface area contributed by atoms with E-state index >= 15 is 4.39 Å². The zero-order valence-corrected chi connectivity index (χ0v) is 23.9. The van der Waals surface area contributed by atoms with Crippen LogP contribution >= 0.6 is 0 Å². The van der Waals surface area contributed by atoms with Crippen molar-refractivity contribution in [2.24, 2.45) is 0 Å². The number of aromatic nitrogens is 3. The van der Waals surface area contributed by atoms with Gasteiger partial charge >= 0.3 is 6.01 Å². The van der Waals surface area contributed by atoms with Crippen LogP contribution in [-0.4, -0.2) is 87.4 Å². The number of ether oxygens (including phenoxy) is 1. The van der Waals surface area contributed by atoms with E-state index in [1.165, 1.54) is 6.07 Å². The van der Waals surface area contributed by atoms with Crippen LogP contribution in [-0.2, 0) is 0 Å². The molecule has 2 aliphatic heterocycles. The summed E-state index contributed by atoms with van der Waals surface area (Å²) in [7, 11) is 3.99. The Kier molecular flexibility index (Phi) is 6.94. The number of aromatic hydroxyl groups is 1. The molecule has 2 aromatic carbocycles. The number of nitrogens with one attached hydrogen (secondary N) is 1. The van der Waals surface area contributed by atoms with Crippen LogP contribution in [0.5, 0.6) is 11.8 Å². The maximum atomic E-state index is 16.4. The van der Waals surface area contributed by atoms with E-state index < -0.39 is 12.0 Å². The van der Waals surface area contributed by atoms with Crippen LogP contribution in [0, 0.1) is 5.82 Å². The topological polar surface area (TPSA) is 86.6 Å². The van der Waals surface area contributed by atoms with Crippen molar-refractivity contribution < 1.29 is 18.6 Å². The Morgan fingerprint density at radius 1 is 1.20 bits per heavy atom. The molecule has 41 heavy (non-hydrogen) atoms. The Balaban J connectivity index is 1.43. The molecule has 2 N–H and O–H groups in total. The lowest BCUT2D eigenvalue weighted by atomic mass is 9.95. The normalized spacial score (nSPS) is 21.2. The Labute approximate surface area is 238 Å². The third-order valence-corrected chi connectivity index (χ3v) is 8.90. The number of likely N-dealkylation sites (N-methyl/N-ethyl adjacent to an activating group) is 1. The number of alkyl halides is 1. The molecule has 2 fully saturated rings. The first-order valence-corrected chi connectivity index (χ1v) is 14.1. The molecule has 6 rings (SSSR count). The average Bonchev–Trinajstić information content (AvgIpc) is 3.46. The van der Waals surface area contributed by atoms with Gasteiger partial charge in [0.2, 0.25) is 0 Å². The predicted octanol–water partition coefficient (Wildman–Crippen LogP) is 5.40. The first-order valence-electron chi connectivity index (χ1n) is 14.1. The SMILES string of the molecule is CN(C)C(C)(C)CNc1nc(OC[C@]23CCCN2C[C@@H](F)C3)nc2c(F)c(-c3cc(O)cc4ccccc34)ncc12. The molecule has 0 unspecified atom stereocenters. The minimum atomic E-state index is -0.884. The number of hydrogen-bond acceptors (Lipinski definition) is 8. The first-order chi connectivity index (χ1) is 19.6. The lowest BCUT2D eigenvalue weighted by Gasteiger charge is -2.33. The second-order valence-electron chi connectivity index (χ2n) is 12.2. The molecule has 0 saturated carbocycles. The zero-order chi connectivity index (χ0) is 28.9. The number of benzene rings is 2. The van der Waals surface area contributed by atoms with Crippen molar-refractivity contribution in [1.82, 2.24) is 24.8 Å². The second kappa shape index (κ2) is 10.3. The van der Waals surface area contributed by atoms with E-state index in [1.807, 2.05) is 38.4 Å². The van der Waals surface area contributed by atoms with Crippen molar-refractivity contribution in [1.29, 1.82) is 0 Å². The maximum Gasteiger partial charge on any atom is 0.319 e. The van der Waals surface area contributed by atoms with Crippen LogP contribution in [0.15, 0.2) is 42.6 Å². The van der Waals surface area contributed by atoms with Crippen molar-refractivity contribution in [3.63, 3.8) is 0 Å². The van der Waals surface area contributed by atoms with Gasteiger partial charge in [-0.15, -0.1) is 0 Å². The highest BCUT2D eigenvalue weighted by molar-refractivity contribution is 5.99. The Hall–Kier alpha value is -3.63. The minimum absolute atomic E-state index is 0.0167. The summed E-state index contributed by atoms with van der Waals surface area (Å²) >= 11 is 0. The molecule has 0 radical (unpaired) electrons. The van der Waals surface area contributed by atoms with E-state index in [9.17, 15) is 9.50 Å². The Bertz CT molecular complexity index is 1610. The molecule has 8 nitrogen and oxygen atoms in total. The molecule has 216 valence electrons. The lowest BCUT2D eigenvalue weighted by molar-refractivity contribution is 0.107. The second-order valence-corrected chi connectivity index (χ2v) is 12.2. The van der Waals surface area contributed by atoms with Crippen LogP contribution < -0.4 is 10.1 Å². The van der Waals surface area contributed by atoms with Gasteiger partial charge in [-0.1, -0.05) is 24.3 Å². The molecule has 2 saturated heterocycles. The van der Waals surface area contributed by atoms with Crippen molar-refractivity contribution in [2.45, 2.75) is 50.4 Å². The highest BCUT2D eigenvalue weighted by Gasteiger charge is 2.49. The monoisotopic (exact) mass is 562 g/mol. The van der Waals surface area contributed by atoms with Crippen LogP contribution in [0.3, 0.4) is 0 Å². The number of halogens is 2. The molecule has 0 amide bonds. The molecular weight excluding hydrogens is 526 g/mol. The van der Waals surface area contributed by atoms with Crippen LogP contribution in [0.25, 0.3) is 32.9 Å². The van der Waals surface area contributed by atoms with Gasteiger partial charge in [-0.05, 0) is 70.2 Å². The first kappa shape index (κ1) is 27.5. The van der Waals surface area contributed by atoms with E-state index in [0.29, 0.717) is 36.3 Å². The Morgan fingerprint density at radius 3 is 2.80 bits per heavy atom. The molecular formula is C31H36F2N6O2. The van der Waals surface area contributed by atoms with Crippen molar-refractivity contribution in [3.8, 4) is 23.0 Å². The van der Waals surface area contributed by atoms with E-state index in [0.717, 1.165) is 30.2 Å². The molecule has 10 heteroatoms. The molecule has 4 heterocycles. The van der Waals surface area contributed by atoms with E-state index in [1.54, 1.807) is 12.3 Å². The van der Waals surface area contributed by atoms with Crippen LogP contribution in [0.1, 0.15) is 33.1 Å². The molecule has 4 aromatic rings. The quantitative estimate of drug-likeness (QED) is 0.295. The molecule has 0 spiro atoms. The van der Waals surface area contributed by atoms with E-state index in [2.05, 4.69) is 43.9 Å². The molecule has 2 aromatic heterocycles. The number of phenols is 1. The summed E-state index contributed by atoms with van der Waals surface area (Å²) in [5.41, 5.74) is -0.0161. The number of phenolic OH excluding ortho intramolecular Hbond substituents is 1. The van der Waals surface area contributed by atoms with Gasteiger partial charge in [0, 0.05) is 36.8 Å². The number of fused-ring (bicyclic) bond motifs is 3. The van der Waals surface area contributed by atoms with Gasteiger partial charge in [-0.3, -0.25) is 9.88 Å². The fourth-order valence-electron chi connectivity index (χ4n) is 6.02. The number of anilines is 1. The fraction of sp³-hybridized carbons (Fsp3) is 0.452. The molecule has 0 bridgehead atoms. The Morgan fingerprint density at radius 2 is 2.00 bits per heavy atom. The maximum absolute atomic E-state index is 16.4. The summed E-state index contributed by atoms with van der Waals surface area (Å²) < 4.78 is 36.9. The third-order valence-electron chi connectivity index (χ3n) is 8.90. The molecule has 2 atom stereocenters. The number of nitrogens with zero attached hydrogens (tertiary/aromatic N) is 5. The largest absolute Gasteiger partial charge is 0.508 e. The number of rotatable bonds is 8. The van der Waals surface area contributed by atoms with Crippen molar-refractivity contribution in [2.75, 3.05) is 45.7 Å². The lowest BCUT2D eigenvalue weighted by Crippen LogP contribution is -2.44. The van der Waals surface area contributed by atoms with Crippen LogP contribution in [0.2, 0.25) is 0 Å². The summed E-state index contributed by atoms with van der Waals surface area (Å²) in [4.78, 5) is 17.9. The van der Waals surface area contributed by atoms with Gasteiger partial charge in [0.1, 0.15) is 35.6 Å². The zero-order valence-electron chi connectivity index (χ0n) is 23.9. The molecule has 2 aliphatic rings. The summed E-state index contributed by atoms with van der Waals surface area (Å²) in [5, 5.41) is 15.7. The van der Waals surface area contributed by atoms with Crippen LogP contribution in [0.4, 0.5) is 14.6 Å². The van der Waals surface area contributed by atoms with Gasteiger partial charge in [-0.2, -0.15) is 9.97 Å². The van der Waals surface area contributed by atoms with Gasteiger partial charge in [0.05, 0.1) is 10.9 Å². The van der Waals surface area contributed by atoms with Crippen molar-refractivity contribution >= 4 is 27.5 Å². The average molecular weight is 563 g/mol. The third kappa shape index (κ3) is 5.04.